The lowest BCUT2D eigenvalue weighted by molar-refractivity contribution is 0.101. The maximum atomic E-state index is 12.6. The van der Waals surface area contributed by atoms with E-state index in [1.165, 1.54) is 6.92 Å². The molecule has 1 aliphatic heterocycles. The van der Waals surface area contributed by atoms with Crippen LogP contribution < -0.4 is 11.0 Å². The molecular weight excluding hydrogens is 356 g/mol. The summed E-state index contributed by atoms with van der Waals surface area (Å²) in [6, 6.07) is 14.4. The summed E-state index contributed by atoms with van der Waals surface area (Å²) < 4.78 is 1.81. The number of para-hydroxylation sites is 2. The zero-order valence-electron chi connectivity index (χ0n) is 15.6. The number of aromatic nitrogens is 2. The third kappa shape index (κ3) is 3.43. The van der Waals surface area contributed by atoms with Gasteiger partial charge < -0.3 is 15.2 Å². The van der Waals surface area contributed by atoms with Crippen molar-refractivity contribution in [2.75, 3.05) is 18.4 Å². The molecule has 0 atom stereocenters. The fourth-order valence-corrected chi connectivity index (χ4v) is 3.78. The summed E-state index contributed by atoms with van der Waals surface area (Å²) in [6.45, 7) is 2.63. The van der Waals surface area contributed by atoms with Crippen molar-refractivity contribution in [2.24, 2.45) is 0 Å². The van der Waals surface area contributed by atoms with E-state index in [1.54, 1.807) is 33.7 Å². The van der Waals surface area contributed by atoms with Crippen LogP contribution in [0.3, 0.4) is 0 Å². The number of hydrogen-bond acceptors (Lipinski definition) is 3. The van der Waals surface area contributed by atoms with Crippen LogP contribution >= 0.6 is 0 Å². The zero-order valence-corrected chi connectivity index (χ0v) is 15.6. The highest BCUT2D eigenvalue weighted by atomic mass is 16.2. The molecule has 1 aromatic heterocycles. The van der Waals surface area contributed by atoms with Crippen LogP contribution in [0.25, 0.3) is 11.0 Å². The van der Waals surface area contributed by atoms with E-state index in [4.69, 9.17) is 0 Å². The predicted octanol–water partition coefficient (Wildman–Crippen LogP) is 3.40. The number of H-pyrrole nitrogens is 1. The number of rotatable bonds is 3. The SMILES string of the molecule is CC(=O)c1cccc(NC(=O)N2CCC(n3c(=O)[nH]c4ccccc43)CC2)c1. The van der Waals surface area contributed by atoms with Crippen LogP contribution in [-0.2, 0) is 0 Å². The second-order valence-corrected chi connectivity index (χ2v) is 7.10. The molecule has 7 nitrogen and oxygen atoms in total. The van der Waals surface area contributed by atoms with Crippen LogP contribution in [0, 0.1) is 0 Å². The van der Waals surface area contributed by atoms with Gasteiger partial charge in [0.2, 0.25) is 0 Å². The number of carbonyl (C=O) groups excluding carboxylic acids is 2. The Kier molecular flexibility index (Phi) is 4.73. The molecule has 1 saturated heterocycles. The van der Waals surface area contributed by atoms with Crippen LogP contribution in [0.2, 0.25) is 0 Å². The van der Waals surface area contributed by atoms with E-state index >= 15 is 0 Å². The fourth-order valence-electron chi connectivity index (χ4n) is 3.78. The molecule has 3 aromatic rings. The van der Waals surface area contributed by atoms with E-state index in [2.05, 4.69) is 10.3 Å². The van der Waals surface area contributed by atoms with Gasteiger partial charge in [0.15, 0.2) is 5.78 Å². The standard InChI is InChI=1S/C21H22N4O3/c1-14(26)15-5-4-6-16(13-15)22-20(27)24-11-9-17(10-12-24)25-19-8-3-2-7-18(19)23-21(25)28/h2-8,13,17H,9-12H2,1H3,(H,22,27)(H,23,28). The molecule has 2 N–H and O–H groups in total. The molecule has 7 heteroatoms. The highest BCUT2D eigenvalue weighted by Crippen LogP contribution is 2.25. The Morgan fingerprint density at radius 1 is 1.07 bits per heavy atom. The molecule has 0 saturated carbocycles. The lowest BCUT2D eigenvalue weighted by atomic mass is 10.0. The fraction of sp³-hybridized carbons (Fsp3) is 0.286. The molecule has 0 bridgehead atoms. The summed E-state index contributed by atoms with van der Waals surface area (Å²) in [5.74, 6) is -0.0407. The van der Waals surface area contributed by atoms with E-state index in [-0.39, 0.29) is 23.5 Å². The molecule has 0 radical (unpaired) electrons. The number of anilines is 1. The van der Waals surface area contributed by atoms with Crippen molar-refractivity contribution in [2.45, 2.75) is 25.8 Å². The number of imidazole rings is 1. The average Bonchev–Trinajstić information content (AvgIpc) is 3.04. The first-order valence-corrected chi connectivity index (χ1v) is 9.39. The second kappa shape index (κ2) is 7.34. The Labute approximate surface area is 162 Å². The van der Waals surface area contributed by atoms with Crippen LogP contribution in [-0.4, -0.2) is 39.4 Å². The smallest absolute Gasteiger partial charge is 0.324 e. The number of ketones is 1. The molecule has 2 amide bonds. The largest absolute Gasteiger partial charge is 0.326 e. The van der Waals surface area contributed by atoms with Crippen molar-refractivity contribution in [1.29, 1.82) is 0 Å². The number of urea groups is 1. The van der Waals surface area contributed by atoms with Crippen molar-refractivity contribution in [3.8, 4) is 0 Å². The Hall–Kier alpha value is -3.35. The van der Waals surface area contributed by atoms with Crippen molar-refractivity contribution >= 4 is 28.5 Å². The van der Waals surface area contributed by atoms with Gasteiger partial charge in [0.1, 0.15) is 0 Å². The number of Topliss-reactive ketones (excluding diaryl/α,β-unsaturated/α-hetero) is 1. The molecular formula is C21H22N4O3. The zero-order chi connectivity index (χ0) is 19.7. The summed E-state index contributed by atoms with van der Waals surface area (Å²) in [7, 11) is 0. The minimum atomic E-state index is -0.189. The molecule has 2 heterocycles. The van der Waals surface area contributed by atoms with Crippen LogP contribution in [0.4, 0.5) is 10.5 Å². The lowest BCUT2D eigenvalue weighted by Gasteiger charge is -2.32. The molecule has 0 unspecified atom stereocenters. The number of nitrogens with one attached hydrogen (secondary N) is 2. The first-order valence-electron chi connectivity index (χ1n) is 9.39. The molecule has 144 valence electrons. The lowest BCUT2D eigenvalue weighted by Crippen LogP contribution is -2.42. The highest BCUT2D eigenvalue weighted by molar-refractivity contribution is 5.96. The summed E-state index contributed by atoms with van der Waals surface area (Å²) in [5.41, 5.74) is 2.79. The maximum Gasteiger partial charge on any atom is 0.326 e. The van der Waals surface area contributed by atoms with Crippen molar-refractivity contribution in [3.05, 3.63) is 64.6 Å². The number of hydrogen-bond donors (Lipinski definition) is 2. The molecule has 0 aliphatic carbocycles. The van der Waals surface area contributed by atoms with E-state index in [0.29, 0.717) is 37.2 Å². The van der Waals surface area contributed by atoms with E-state index < -0.39 is 0 Å². The number of benzene rings is 2. The van der Waals surface area contributed by atoms with Gasteiger partial charge in [0.05, 0.1) is 11.0 Å². The number of carbonyl (C=O) groups is 2. The maximum absolute atomic E-state index is 12.6. The van der Waals surface area contributed by atoms with Gasteiger partial charge in [-0.2, -0.15) is 0 Å². The highest BCUT2D eigenvalue weighted by Gasteiger charge is 2.26. The van der Waals surface area contributed by atoms with Gasteiger partial charge >= 0.3 is 11.7 Å². The van der Waals surface area contributed by atoms with Crippen LogP contribution in [0.15, 0.2) is 53.3 Å². The van der Waals surface area contributed by atoms with Gasteiger partial charge in [-0.1, -0.05) is 24.3 Å². The van der Waals surface area contributed by atoms with Crippen LogP contribution in [0.5, 0.6) is 0 Å². The van der Waals surface area contributed by atoms with Gasteiger partial charge in [-0.05, 0) is 44.0 Å². The molecule has 28 heavy (non-hydrogen) atoms. The summed E-state index contributed by atoms with van der Waals surface area (Å²) >= 11 is 0. The number of aromatic amines is 1. The molecule has 1 fully saturated rings. The Morgan fingerprint density at radius 2 is 1.82 bits per heavy atom. The Bertz CT molecular complexity index is 1090. The second-order valence-electron chi connectivity index (χ2n) is 7.10. The number of amides is 2. The Morgan fingerprint density at radius 3 is 2.57 bits per heavy atom. The minimum Gasteiger partial charge on any atom is -0.324 e. The molecule has 0 spiro atoms. The third-order valence-electron chi connectivity index (χ3n) is 5.26. The van der Waals surface area contributed by atoms with E-state index in [1.807, 2.05) is 24.3 Å². The van der Waals surface area contributed by atoms with Crippen LogP contribution in [0.1, 0.15) is 36.2 Å². The topological polar surface area (TPSA) is 87.2 Å². The Balaban J connectivity index is 1.43. The van der Waals surface area contributed by atoms with E-state index in [9.17, 15) is 14.4 Å². The minimum absolute atomic E-state index is 0.0407. The van der Waals surface area contributed by atoms with E-state index in [0.717, 1.165) is 11.0 Å². The molecule has 1 aliphatic rings. The first kappa shape index (κ1) is 18.0. The first-order chi connectivity index (χ1) is 13.5. The summed E-state index contributed by atoms with van der Waals surface area (Å²) in [4.78, 5) is 41.1. The summed E-state index contributed by atoms with van der Waals surface area (Å²) in [6.07, 6.45) is 1.42. The van der Waals surface area contributed by atoms with Crippen molar-refractivity contribution in [3.63, 3.8) is 0 Å². The molecule has 4 rings (SSSR count). The normalized spacial score (nSPS) is 15.0. The quantitative estimate of drug-likeness (QED) is 0.685. The van der Waals surface area contributed by atoms with Gasteiger partial charge in [-0.15, -0.1) is 0 Å². The average molecular weight is 378 g/mol. The summed E-state index contributed by atoms with van der Waals surface area (Å²) in [5, 5.41) is 2.86. The predicted molar refractivity (Wildman–Crippen MR) is 108 cm³/mol. The number of fused-ring (bicyclic) bond motifs is 1. The van der Waals surface area contributed by atoms with Gasteiger partial charge in [0.25, 0.3) is 0 Å². The monoisotopic (exact) mass is 378 g/mol. The third-order valence-corrected chi connectivity index (χ3v) is 5.26. The van der Waals surface area contributed by atoms with Crippen molar-refractivity contribution < 1.29 is 9.59 Å². The van der Waals surface area contributed by atoms with Crippen molar-refractivity contribution in [1.82, 2.24) is 14.5 Å². The number of nitrogens with zero attached hydrogens (tertiary/aromatic N) is 2. The van der Waals surface area contributed by atoms with Gasteiger partial charge in [-0.3, -0.25) is 9.36 Å². The van der Waals surface area contributed by atoms with Gasteiger partial charge in [0, 0.05) is 30.4 Å². The molecule has 2 aromatic carbocycles. The van der Waals surface area contributed by atoms with Gasteiger partial charge in [-0.25, -0.2) is 9.59 Å². The number of piperidine rings is 1. The number of likely N-dealkylation sites (tertiary alicyclic amines) is 1.